The molecule has 0 radical (unpaired) electrons. The van der Waals surface area contributed by atoms with Crippen LogP contribution < -0.4 is 5.32 Å². The van der Waals surface area contributed by atoms with Crippen molar-refractivity contribution in [3.8, 4) is 11.5 Å². The normalized spacial score (nSPS) is 22.9. The first-order valence-corrected chi connectivity index (χ1v) is 9.62. The largest absolute Gasteiger partial charge is 0.436 e. The van der Waals surface area contributed by atoms with Crippen molar-refractivity contribution in [2.45, 2.75) is 37.8 Å². The number of oxazole rings is 1. The number of nitrogens with one attached hydrogen (secondary N) is 1. The molecule has 1 N–H and O–H groups in total. The van der Waals surface area contributed by atoms with Crippen molar-refractivity contribution in [1.29, 1.82) is 0 Å². The highest BCUT2D eigenvalue weighted by Crippen LogP contribution is 2.49. The summed E-state index contributed by atoms with van der Waals surface area (Å²) >= 11 is 5.91. The molecule has 1 aliphatic heterocycles. The van der Waals surface area contributed by atoms with Gasteiger partial charge in [0.25, 0.3) is 0 Å². The van der Waals surface area contributed by atoms with Gasteiger partial charge in [0.15, 0.2) is 5.58 Å². The van der Waals surface area contributed by atoms with Gasteiger partial charge in [-0.15, -0.1) is 0 Å². The maximum atomic E-state index is 15.5. The summed E-state index contributed by atoms with van der Waals surface area (Å²) in [5, 5.41) is 2.50. The van der Waals surface area contributed by atoms with Gasteiger partial charge in [-0.2, -0.15) is 0 Å². The molecule has 31 heavy (non-hydrogen) atoms. The van der Waals surface area contributed by atoms with Crippen LogP contribution in [0.5, 0.6) is 0 Å². The number of carbonyl (C=O) groups excluding carboxylic acids is 1. The van der Waals surface area contributed by atoms with Gasteiger partial charge >= 0.3 is 5.92 Å². The summed E-state index contributed by atoms with van der Waals surface area (Å²) in [6.07, 6.45) is 0. The Labute approximate surface area is 179 Å². The lowest BCUT2D eigenvalue weighted by atomic mass is 9.77. The van der Waals surface area contributed by atoms with Gasteiger partial charge in [-0.3, -0.25) is 4.79 Å². The molecule has 1 saturated heterocycles. The molecule has 164 valence electrons. The standard InChI is InChI=1S/C21H17ClF4N2O3/c1-19(2)21(25,26)20(3,28-17(29)9-30-19)12-7-11(13(23)8-14(12)24)18-27-15-5-4-10(22)6-16(15)31-18/h4-8H,9H2,1-3H3,(H,28,29). The van der Waals surface area contributed by atoms with Crippen molar-refractivity contribution in [3.63, 3.8) is 0 Å². The van der Waals surface area contributed by atoms with E-state index < -0.39 is 46.8 Å². The third-order valence-corrected chi connectivity index (χ3v) is 5.75. The number of aromatic nitrogens is 1. The molecule has 3 aromatic rings. The zero-order chi connectivity index (χ0) is 22.8. The second kappa shape index (κ2) is 6.93. The van der Waals surface area contributed by atoms with Gasteiger partial charge in [0.05, 0.1) is 5.56 Å². The van der Waals surface area contributed by atoms with Crippen molar-refractivity contribution in [1.82, 2.24) is 10.3 Å². The topological polar surface area (TPSA) is 64.4 Å². The van der Waals surface area contributed by atoms with E-state index in [0.29, 0.717) is 16.6 Å². The number of benzene rings is 2. The predicted molar refractivity (Wildman–Crippen MR) is 105 cm³/mol. The van der Waals surface area contributed by atoms with E-state index in [0.717, 1.165) is 26.8 Å². The smallest absolute Gasteiger partial charge is 0.302 e. The highest BCUT2D eigenvalue weighted by atomic mass is 35.5. The Morgan fingerprint density at radius 3 is 2.52 bits per heavy atom. The molecule has 1 aromatic heterocycles. The van der Waals surface area contributed by atoms with Crippen molar-refractivity contribution >= 4 is 28.6 Å². The van der Waals surface area contributed by atoms with E-state index in [1.165, 1.54) is 12.1 Å². The summed E-state index contributed by atoms with van der Waals surface area (Å²) in [6, 6.07) is 5.86. The van der Waals surface area contributed by atoms with Crippen LogP contribution in [0.4, 0.5) is 17.6 Å². The fraction of sp³-hybridized carbons (Fsp3) is 0.333. The van der Waals surface area contributed by atoms with Crippen molar-refractivity contribution in [2.24, 2.45) is 0 Å². The van der Waals surface area contributed by atoms with Crippen LogP contribution in [0.25, 0.3) is 22.6 Å². The second-order valence-corrected chi connectivity index (χ2v) is 8.43. The number of halogens is 5. The number of alkyl halides is 2. The fourth-order valence-corrected chi connectivity index (χ4v) is 3.84. The summed E-state index contributed by atoms with van der Waals surface area (Å²) in [5.41, 5.74) is -5.08. The minimum absolute atomic E-state index is 0.238. The average molecular weight is 457 g/mol. The number of hydrogen-bond acceptors (Lipinski definition) is 4. The van der Waals surface area contributed by atoms with Gasteiger partial charge in [0, 0.05) is 22.7 Å². The quantitative estimate of drug-likeness (QED) is 0.538. The molecule has 1 amide bonds. The zero-order valence-electron chi connectivity index (χ0n) is 16.7. The molecular formula is C21H17ClF4N2O3. The molecule has 2 heterocycles. The monoisotopic (exact) mass is 456 g/mol. The van der Waals surface area contributed by atoms with Crippen molar-refractivity contribution in [2.75, 3.05) is 6.61 Å². The lowest BCUT2D eigenvalue weighted by molar-refractivity contribution is -0.216. The molecule has 5 nitrogen and oxygen atoms in total. The molecule has 0 bridgehead atoms. The number of ether oxygens (including phenoxy) is 1. The highest BCUT2D eigenvalue weighted by molar-refractivity contribution is 6.31. The Kier molecular flexibility index (Phi) is 4.82. The SMILES string of the molecule is CC1(C)OCC(=O)NC(C)(c2cc(-c3nc4ccc(Cl)cc4o3)c(F)cc2F)C1(F)F. The molecule has 1 atom stereocenters. The molecule has 0 saturated carbocycles. The second-order valence-electron chi connectivity index (χ2n) is 7.99. The summed E-state index contributed by atoms with van der Waals surface area (Å²) < 4.78 is 71.1. The van der Waals surface area contributed by atoms with E-state index >= 15 is 8.78 Å². The van der Waals surface area contributed by atoms with Gasteiger partial charge in [-0.25, -0.2) is 22.5 Å². The molecule has 1 unspecified atom stereocenters. The van der Waals surface area contributed by atoms with Gasteiger partial charge in [-0.05, 0) is 39.0 Å². The number of nitrogens with zero attached hydrogens (tertiary/aromatic N) is 1. The first kappa shape index (κ1) is 21.6. The molecular weight excluding hydrogens is 440 g/mol. The minimum atomic E-state index is -3.78. The molecule has 1 aliphatic rings. The molecule has 10 heteroatoms. The van der Waals surface area contributed by atoms with Crippen LogP contribution in [-0.4, -0.2) is 29.0 Å². The van der Waals surface area contributed by atoms with Crippen LogP contribution >= 0.6 is 11.6 Å². The van der Waals surface area contributed by atoms with Crippen LogP contribution in [-0.2, 0) is 15.1 Å². The summed E-state index contributed by atoms with van der Waals surface area (Å²) in [5.74, 6) is -7.23. The molecule has 1 fully saturated rings. The van der Waals surface area contributed by atoms with E-state index in [4.69, 9.17) is 20.8 Å². The third-order valence-electron chi connectivity index (χ3n) is 5.51. The minimum Gasteiger partial charge on any atom is -0.436 e. The van der Waals surface area contributed by atoms with Gasteiger partial charge in [-0.1, -0.05) is 11.6 Å². The maximum Gasteiger partial charge on any atom is 0.302 e. The van der Waals surface area contributed by atoms with Crippen LogP contribution in [0.3, 0.4) is 0 Å². The summed E-state index contributed by atoms with van der Waals surface area (Å²) in [4.78, 5) is 16.3. The van der Waals surface area contributed by atoms with E-state index in [1.807, 2.05) is 0 Å². The predicted octanol–water partition coefficient (Wildman–Crippen LogP) is 5.20. The first-order chi connectivity index (χ1) is 14.4. The van der Waals surface area contributed by atoms with Gasteiger partial charge < -0.3 is 14.5 Å². The van der Waals surface area contributed by atoms with E-state index in [2.05, 4.69) is 10.3 Å². The number of rotatable bonds is 2. The number of amides is 1. The van der Waals surface area contributed by atoms with Gasteiger partial charge in [0.1, 0.15) is 34.9 Å². The Bertz CT molecular complexity index is 1210. The molecule has 4 rings (SSSR count). The van der Waals surface area contributed by atoms with Crippen molar-refractivity contribution < 1.29 is 31.5 Å². The first-order valence-electron chi connectivity index (χ1n) is 9.24. The maximum absolute atomic E-state index is 15.5. The summed E-state index contributed by atoms with van der Waals surface area (Å²) in [7, 11) is 0. The van der Waals surface area contributed by atoms with Crippen LogP contribution in [0.1, 0.15) is 26.3 Å². The van der Waals surface area contributed by atoms with Crippen LogP contribution in [0, 0.1) is 11.6 Å². The Balaban J connectivity index is 1.93. The molecule has 2 aromatic carbocycles. The van der Waals surface area contributed by atoms with Crippen LogP contribution in [0.2, 0.25) is 5.02 Å². The lowest BCUT2D eigenvalue weighted by Crippen LogP contribution is -2.62. The van der Waals surface area contributed by atoms with Gasteiger partial charge in [0.2, 0.25) is 11.8 Å². The molecule has 0 spiro atoms. The van der Waals surface area contributed by atoms with Crippen LogP contribution in [0.15, 0.2) is 34.7 Å². The Hall–Kier alpha value is -2.65. The summed E-state index contributed by atoms with van der Waals surface area (Å²) in [6.45, 7) is 2.52. The molecule has 0 aliphatic carbocycles. The van der Waals surface area contributed by atoms with E-state index in [9.17, 15) is 13.6 Å². The lowest BCUT2D eigenvalue weighted by Gasteiger charge is -2.43. The Morgan fingerprint density at radius 2 is 1.81 bits per heavy atom. The highest BCUT2D eigenvalue weighted by Gasteiger charge is 2.64. The fourth-order valence-electron chi connectivity index (χ4n) is 3.68. The van der Waals surface area contributed by atoms with E-state index in [1.54, 1.807) is 6.07 Å². The average Bonchev–Trinajstić information content (AvgIpc) is 3.06. The van der Waals surface area contributed by atoms with E-state index in [-0.39, 0.29) is 17.0 Å². The third kappa shape index (κ3) is 3.27. The number of fused-ring (bicyclic) bond motifs is 1. The number of carbonyl (C=O) groups is 1. The zero-order valence-corrected chi connectivity index (χ0v) is 17.4. The Morgan fingerprint density at radius 1 is 1.10 bits per heavy atom. The number of hydrogen-bond donors (Lipinski definition) is 1. The van der Waals surface area contributed by atoms with Crippen molar-refractivity contribution in [3.05, 3.63) is 52.6 Å².